The SMILES string of the molecule is CN=C(NCCCCSC)NCCCc1nc(C)no1.I. The molecule has 0 aliphatic carbocycles. The number of hydrogen-bond acceptors (Lipinski definition) is 5. The fourth-order valence-electron chi connectivity index (χ4n) is 1.69. The lowest BCUT2D eigenvalue weighted by molar-refractivity contribution is 0.372. The topological polar surface area (TPSA) is 75.3 Å². The number of aromatic nitrogens is 2. The van der Waals surface area contributed by atoms with E-state index in [1.54, 1.807) is 7.05 Å². The van der Waals surface area contributed by atoms with Crippen LogP contribution < -0.4 is 10.6 Å². The molecule has 0 spiro atoms. The predicted octanol–water partition coefficient (Wildman–Crippen LogP) is 2.24. The maximum absolute atomic E-state index is 5.06. The molecule has 6 nitrogen and oxygen atoms in total. The summed E-state index contributed by atoms with van der Waals surface area (Å²) in [6.45, 7) is 3.63. The van der Waals surface area contributed by atoms with Gasteiger partial charge in [0, 0.05) is 26.6 Å². The van der Waals surface area contributed by atoms with Crippen molar-refractivity contribution in [3.63, 3.8) is 0 Å². The zero-order valence-corrected chi connectivity index (χ0v) is 16.2. The summed E-state index contributed by atoms with van der Waals surface area (Å²) in [6, 6.07) is 0. The molecular weight excluding hydrogens is 401 g/mol. The van der Waals surface area contributed by atoms with Crippen molar-refractivity contribution in [1.82, 2.24) is 20.8 Å². The highest BCUT2D eigenvalue weighted by atomic mass is 127. The molecule has 0 saturated heterocycles. The number of hydrogen-bond donors (Lipinski definition) is 2. The van der Waals surface area contributed by atoms with Gasteiger partial charge in [0.05, 0.1) is 0 Å². The number of unbranched alkanes of at least 4 members (excludes halogenated alkanes) is 1. The molecule has 0 saturated carbocycles. The maximum atomic E-state index is 5.06. The van der Waals surface area contributed by atoms with E-state index < -0.39 is 0 Å². The summed E-state index contributed by atoms with van der Waals surface area (Å²) in [6.07, 6.45) is 6.27. The molecule has 0 aliphatic rings. The first kappa shape index (κ1) is 20.5. The molecule has 0 amide bonds. The van der Waals surface area contributed by atoms with Crippen LogP contribution in [0.1, 0.15) is 31.0 Å². The summed E-state index contributed by atoms with van der Waals surface area (Å²) < 4.78 is 5.06. The molecule has 0 aliphatic heterocycles. The van der Waals surface area contributed by atoms with Crippen LogP contribution in [0.2, 0.25) is 0 Å². The first-order valence-electron chi connectivity index (χ1n) is 6.99. The van der Waals surface area contributed by atoms with Crippen LogP contribution in [0.3, 0.4) is 0 Å². The van der Waals surface area contributed by atoms with Gasteiger partial charge in [0.25, 0.3) is 0 Å². The lowest BCUT2D eigenvalue weighted by atomic mass is 10.3. The number of halogens is 1. The second-order valence-corrected chi connectivity index (χ2v) is 5.45. The molecule has 1 aromatic rings. The summed E-state index contributed by atoms with van der Waals surface area (Å²) in [7, 11) is 1.79. The molecule has 0 bridgehead atoms. The number of aryl methyl sites for hydroxylation is 2. The zero-order chi connectivity index (χ0) is 14.6. The van der Waals surface area contributed by atoms with Crippen LogP contribution >= 0.6 is 35.7 Å². The van der Waals surface area contributed by atoms with E-state index >= 15 is 0 Å². The van der Waals surface area contributed by atoms with Gasteiger partial charge in [-0.05, 0) is 38.2 Å². The van der Waals surface area contributed by atoms with E-state index in [1.807, 2.05) is 18.7 Å². The fourth-order valence-corrected chi connectivity index (χ4v) is 2.18. The first-order chi connectivity index (χ1) is 9.76. The van der Waals surface area contributed by atoms with E-state index in [4.69, 9.17) is 4.52 Å². The fraction of sp³-hybridized carbons (Fsp3) is 0.769. The van der Waals surface area contributed by atoms with E-state index in [0.29, 0.717) is 11.7 Å². The van der Waals surface area contributed by atoms with E-state index in [1.165, 1.54) is 18.6 Å². The van der Waals surface area contributed by atoms with E-state index in [2.05, 4.69) is 32.0 Å². The summed E-state index contributed by atoms with van der Waals surface area (Å²) >= 11 is 1.89. The van der Waals surface area contributed by atoms with Gasteiger partial charge < -0.3 is 15.2 Å². The van der Waals surface area contributed by atoms with Gasteiger partial charge in [0.15, 0.2) is 11.8 Å². The van der Waals surface area contributed by atoms with Gasteiger partial charge >= 0.3 is 0 Å². The van der Waals surface area contributed by atoms with E-state index in [-0.39, 0.29) is 24.0 Å². The number of aliphatic imine (C=N–C) groups is 1. The summed E-state index contributed by atoms with van der Waals surface area (Å²) in [5.41, 5.74) is 0. The third-order valence-corrected chi connectivity index (χ3v) is 3.42. The third kappa shape index (κ3) is 9.94. The summed E-state index contributed by atoms with van der Waals surface area (Å²) in [5.74, 6) is 3.47. The monoisotopic (exact) mass is 427 g/mol. The standard InChI is InChI=1S/C13H25N5OS.HI/c1-11-17-12(19-18-11)7-6-9-16-13(14-2)15-8-4-5-10-20-3;/h4-10H2,1-3H3,(H2,14,15,16);1H. The van der Waals surface area contributed by atoms with E-state index in [9.17, 15) is 0 Å². The molecule has 1 aromatic heterocycles. The Morgan fingerprint density at radius 3 is 2.52 bits per heavy atom. The average molecular weight is 427 g/mol. The number of nitrogens with one attached hydrogen (secondary N) is 2. The zero-order valence-electron chi connectivity index (χ0n) is 13.0. The molecule has 0 atom stereocenters. The van der Waals surface area contributed by atoms with Crippen molar-refractivity contribution >= 4 is 41.7 Å². The first-order valence-corrected chi connectivity index (χ1v) is 8.38. The van der Waals surface area contributed by atoms with Crippen LogP contribution in [0, 0.1) is 6.92 Å². The molecule has 1 rings (SSSR count). The molecule has 0 radical (unpaired) electrons. The lowest BCUT2D eigenvalue weighted by Crippen LogP contribution is -2.38. The van der Waals surface area contributed by atoms with Gasteiger partial charge in [-0.25, -0.2) is 0 Å². The average Bonchev–Trinajstić information content (AvgIpc) is 2.86. The Hall–Kier alpha value is -0.510. The van der Waals surface area contributed by atoms with Crippen LogP contribution in [0.4, 0.5) is 0 Å². The molecule has 0 fully saturated rings. The lowest BCUT2D eigenvalue weighted by Gasteiger charge is -2.11. The third-order valence-electron chi connectivity index (χ3n) is 2.72. The molecule has 2 N–H and O–H groups in total. The summed E-state index contributed by atoms with van der Waals surface area (Å²) in [4.78, 5) is 8.36. The van der Waals surface area contributed by atoms with Crippen molar-refractivity contribution in [3.8, 4) is 0 Å². The van der Waals surface area contributed by atoms with Gasteiger partial charge in [-0.15, -0.1) is 24.0 Å². The van der Waals surface area contributed by atoms with Crippen LogP contribution in [0.5, 0.6) is 0 Å². The highest BCUT2D eigenvalue weighted by Gasteiger charge is 2.02. The second-order valence-electron chi connectivity index (χ2n) is 4.46. The molecule has 0 aromatic carbocycles. The Kier molecular flexibility index (Phi) is 12.9. The highest BCUT2D eigenvalue weighted by Crippen LogP contribution is 1.99. The second kappa shape index (κ2) is 13.2. The minimum Gasteiger partial charge on any atom is -0.356 e. The minimum absolute atomic E-state index is 0. The Balaban J connectivity index is 0.00000400. The molecule has 0 unspecified atom stereocenters. The van der Waals surface area contributed by atoms with Gasteiger partial charge in [-0.1, -0.05) is 5.16 Å². The number of thioether (sulfide) groups is 1. The van der Waals surface area contributed by atoms with Crippen molar-refractivity contribution in [2.45, 2.75) is 32.6 Å². The molecular formula is C13H26IN5OS. The van der Waals surface area contributed by atoms with Crippen LogP contribution in [-0.2, 0) is 6.42 Å². The van der Waals surface area contributed by atoms with Crippen LogP contribution in [0.15, 0.2) is 9.52 Å². The van der Waals surface area contributed by atoms with Crippen LogP contribution in [0.25, 0.3) is 0 Å². The smallest absolute Gasteiger partial charge is 0.226 e. The molecule has 1 heterocycles. The summed E-state index contributed by atoms with van der Waals surface area (Å²) in [5, 5.41) is 10.4. The van der Waals surface area contributed by atoms with E-state index in [0.717, 1.165) is 31.9 Å². The number of rotatable bonds is 9. The van der Waals surface area contributed by atoms with Gasteiger partial charge in [-0.3, -0.25) is 4.99 Å². The quantitative estimate of drug-likeness (QED) is 0.273. The van der Waals surface area contributed by atoms with Gasteiger partial charge in [0.1, 0.15) is 0 Å². The van der Waals surface area contributed by atoms with Crippen molar-refractivity contribution in [3.05, 3.63) is 11.7 Å². The Bertz CT molecular complexity index is 400. The maximum Gasteiger partial charge on any atom is 0.226 e. The minimum atomic E-state index is 0. The highest BCUT2D eigenvalue weighted by molar-refractivity contribution is 14.0. The van der Waals surface area contributed by atoms with Gasteiger partial charge in [0.2, 0.25) is 5.89 Å². The predicted molar refractivity (Wildman–Crippen MR) is 99.8 cm³/mol. The van der Waals surface area contributed by atoms with Crippen molar-refractivity contribution in [2.75, 3.05) is 32.1 Å². The van der Waals surface area contributed by atoms with Crippen molar-refractivity contribution in [1.29, 1.82) is 0 Å². The van der Waals surface area contributed by atoms with Gasteiger partial charge in [-0.2, -0.15) is 16.7 Å². The van der Waals surface area contributed by atoms with Crippen molar-refractivity contribution < 1.29 is 4.52 Å². The van der Waals surface area contributed by atoms with Crippen molar-refractivity contribution in [2.24, 2.45) is 4.99 Å². The largest absolute Gasteiger partial charge is 0.356 e. The Morgan fingerprint density at radius 2 is 1.95 bits per heavy atom. The number of guanidine groups is 1. The molecule has 122 valence electrons. The molecule has 8 heteroatoms. The van der Waals surface area contributed by atoms with Crippen LogP contribution in [-0.4, -0.2) is 48.2 Å². The Morgan fingerprint density at radius 1 is 1.24 bits per heavy atom. The normalized spacial score (nSPS) is 11.1. The Labute approximate surface area is 148 Å². The number of nitrogens with zero attached hydrogens (tertiary/aromatic N) is 3. The molecule has 21 heavy (non-hydrogen) atoms.